The lowest BCUT2D eigenvalue weighted by Crippen LogP contribution is -2.44. The first-order valence-electron chi connectivity index (χ1n) is 14.1. The highest BCUT2D eigenvalue weighted by Crippen LogP contribution is 2.15. The van der Waals surface area contributed by atoms with E-state index in [4.69, 9.17) is 21.1 Å². The minimum atomic E-state index is -0.621. The Labute approximate surface area is 215 Å². The average Bonchev–Trinajstić information content (AvgIpc) is 2.82. The number of amides is 1. The molecule has 34 heavy (non-hydrogen) atoms. The molecule has 0 aromatic heterocycles. The molecule has 6 heteroatoms. The van der Waals surface area contributed by atoms with Crippen LogP contribution in [0.2, 0.25) is 0 Å². The molecule has 0 fully saturated rings. The third kappa shape index (κ3) is 19.3. The summed E-state index contributed by atoms with van der Waals surface area (Å²) in [5.41, 5.74) is 0. The first-order valence-corrected chi connectivity index (χ1v) is 14.6. The van der Waals surface area contributed by atoms with Gasteiger partial charge in [0.25, 0.3) is 0 Å². The molecule has 5 nitrogen and oxygen atoms in total. The predicted octanol–water partition coefficient (Wildman–Crippen LogP) is 8.51. The molecule has 0 bridgehead atoms. The van der Waals surface area contributed by atoms with E-state index in [1.165, 1.54) is 94.8 Å². The quantitative estimate of drug-likeness (QED) is 0.0796. The Morgan fingerprint density at radius 1 is 0.706 bits per heavy atom. The van der Waals surface area contributed by atoms with Crippen LogP contribution in [0.15, 0.2) is 0 Å². The van der Waals surface area contributed by atoms with Gasteiger partial charge in [0.15, 0.2) is 0 Å². The molecule has 1 amide bonds. The number of nitrogens with zero attached hydrogens (tertiary/aromatic N) is 1. The van der Waals surface area contributed by atoms with Crippen LogP contribution in [-0.4, -0.2) is 49.1 Å². The van der Waals surface area contributed by atoms with Gasteiger partial charge in [-0.15, -0.1) is 11.6 Å². The highest BCUT2D eigenvalue weighted by atomic mass is 35.5. The van der Waals surface area contributed by atoms with Gasteiger partial charge >= 0.3 is 12.1 Å². The first kappa shape index (κ1) is 33.0. The number of hydrogen-bond donors (Lipinski definition) is 0. The van der Waals surface area contributed by atoms with Crippen molar-refractivity contribution in [3.05, 3.63) is 0 Å². The van der Waals surface area contributed by atoms with Gasteiger partial charge in [0.1, 0.15) is 12.6 Å². The van der Waals surface area contributed by atoms with E-state index >= 15 is 0 Å². The number of ether oxygens (including phenoxy) is 2. The van der Waals surface area contributed by atoms with Gasteiger partial charge in [0.05, 0.1) is 12.5 Å². The molecule has 0 aromatic carbocycles. The molecule has 1 atom stereocenters. The van der Waals surface area contributed by atoms with E-state index in [1.807, 2.05) is 13.8 Å². The number of hydrogen-bond acceptors (Lipinski definition) is 4. The highest BCUT2D eigenvalue weighted by Gasteiger charge is 2.29. The molecule has 0 aliphatic rings. The summed E-state index contributed by atoms with van der Waals surface area (Å²) < 4.78 is 10.5. The van der Waals surface area contributed by atoms with Gasteiger partial charge in [0, 0.05) is 7.05 Å². The lowest BCUT2D eigenvalue weighted by atomic mass is 10.0. The van der Waals surface area contributed by atoms with Crippen LogP contribution in [0.1, 0.15) is 130 Å². The summed E-state index contributed by atoms with van der Waals surface area (Å²) in [4.78, 5) is 26.0. The molecule has 0 aliphatic heterocycles. The van der Waals surface area contributed by atoms with Crippen LogP contribution < -0.4 is 0 Å². The third-order valence-electron chi connectivity index (χ3n) is 6.27. The van der Waals surface area contributed by atoms with E-state index in [9.17, 15) is 9.59 Å². The van der Waals surface area contributed by atoms with Crippen LogP contribution in [0, 0.1) is 5.92 Å². The monoisotopic (exact) mass is 503 g/mol. The van der Waals surface area contributed by atoms with Crippen molar-refractivity contribution >= 4 is 23.7 Å². The molecule has 0 saturated heterocycles. The average molecular weight is 504 g/mol. The lowest BCUT2D eigenvalue weighted by Gasteiger charge is -2.27. The van der Waals surface area contributed by atoms with E-state index in [2.05, 4.69) is 6.92 Å². The van der Waals surface area contributed by atoms with Gasteiger partial charge in [-0.2, -0.15) is 0 Å². The fourth-order valence-corrected chi connectivity index (χ4v) is 4.21. The van der Waals surface area contributed by atoms with Gasteiger partial charge in [0.2, 0.25) is 0 Å². The number of esters is 1. The summed E-state index contributed by atoms with van der Waals surface area (Å²) in [7, 11) is 1.58. The summed E-state index contributed by atoms with van der Waals surface area (Å²) >= 11 is 5.57. The van der Waals surface area contributed by atoms with Crippen molar-refractivity contribution in [2.45, 2.75) is 136 Å². The second kappa shape index (κ2) is 23.8. The molecule has 1 unspecified atom stereocenters. The number of alkyl halides is 1. The van der Waals surface area contributed by atoms with Gasteiger partial charge in [-0.3, -0.25) is 4.90 Å². The Kier molecular flexibility index (Phi) is 23.1. The molecular weight excluding hydrogens is 450 g/mol. The molecule has 0 spiro atoms. The van der Waals surface area contributed by atoms with Crippen molar-refractivity contribution in [1.29, 1.82) is 0 Å². The SMILES string of the molecule is CCCCCCCCCCCCCCCCCCOC(=O)C(CC(C)C)N(C)C(=O)OCCCl. The van der Waals surface area contributed by atoms with Crippen molar-refractivity contribution in [2.75, 3.05) is 26.1 Å². The number of carbonyl (C=O) groups excluding carboxylic acids is 2. The molecule has 0 radical (unpaired) electrons. The van der Waals surface area contributed by atoms with E-state index in [-0.39, 0.29) is 24.4 Å². The summed E-state index contributed by atoms with van der Waals surface area (Å²) in [6.07, 6.45) is 21.0. The maximum absolute atomic E-state index is 12.6. The minimum absolute atomic E-state index is 0.132. The second-order valence-electron chi connectivity index (χ2n) is 10.0. The Morgan fingerprint density at radius 2 is 1.15 bits per heavy atom. The van der Waals surface area contributed by atoms with Crippen LogP contribution in [0.5, 0.6) is 0 Å². The van der Waals surface area contributed by atoms with Crippen LogP contribution in [0.25, 0.3) is 0 Å². The molecule has 0 aromatic rings. The minimum Gasteiger partial charge on any atom is -0.464 e. The molecule has 0 rings (SSSR count). The van der Waals surface area contributed by atoms with Gasteiger partial charge in [-0.05, 0) is 18.8 Å². The predicted molar refractivity (Wildman–Crippen MR) is 144 cm³/mol. The van der Waals surface area contributed by atoms with Gasteiger partial charge in [-0.1, -0.05) is 117 Å². The van der Waals surface area contributed by atoms with E-state index in [0.29, 0.717) is 13.0 Å². The van der Waals surface area contributed by atoms with Crippen molar-refractivity contribution in [3.63, 3.8) is 0 Å². The highest BCUT2D eigenvalue weighted by molar-refractivity contribution is 6.18. The van der Waals surface area contributed by atoms with Crippen LogP contribution in [0.3, 0.4) is 0 Å². The number of rotatable bonds is 23. The van der Waals surface area contributed by atoms with Crippen molar-refractivity contribution in [2.24, 2.45) is 5.92 Å². The summed E-state index contributed by atoms with van der Waals surface area (Å²) in [6, 6.07) is -0.621. The smallest absolute Gasteiger partial charge is 0.410 e. The maximum Gasteiger partial charge on any atom is 0.410 e. The molecule has 0 aliphatic carbocycles. The summed E-state index contributed by atoms with van der Waals surface area (Å²) in [5.74, 6) is 0.148. The van der Waals surface area contributed by atoms with Crippen LogP contribution in [-0.2, 0) is 14.3 Å². The van der Waals surface area contributed by atoms with Crippen molar-refractivity contribution in [1.82, 2.24) is 4.90 Å². The fraction of sp³-hybridized carbons (Fsp3) is 0.929. The van der Waals surface area contributed by atoms with Crippen LogP contribution in [0.4, 0.5) is 4.79 Å². The van der Waals surface area contributed by atoms with Crippen LogP contribution >= 0.6 is 11.6 Å². The zero-order valence-corrected chi connectivity index (χ0v) is 23.5. The number of likely N-dealkylation sites (N-methyl/N-ethyl adjacent to an activating group) is 1. The van der Waals surface area contributed by atoms with Crippen molar-refractivity contribution < 1.29 is 19.1 Å². The summed E-state index contributed by atoms with van der Waals surface area (Å²) in [5, 5.41) is 0. The Morgan fingerprint density at radius 3 is 1.56 bits per heavy atom. The summed E-state index contributed by atoms with van der Waals surface area (Å²) in [6.45, 7) is 6.86. The second-order valence-corrected chi connectivity index (χ2v) is 10.4. The number of carbonyl (C=O) groups is 2. The normalized spacial score (nSPS) is 12.1. The van der Waals surface area contributed by atoms with Gasteiger partial charge in [-0.25, -0.2) is 9.59 Å². The topological polar surface area (TPSA) is 55.8 Å². The third-order valence-corrected chi connectivity index (χ3v) is 6.42. The Balaban J connectivity index is 3.73. The largest absolute Gasteiger partial charge is 0.464 e. The first-order chi connectivity index (χ1) is 16.4. The standard InChI is InChI=1S/C28H54ClNO4/c1-5-6-7-8-9-10-11-12-13-14-15-16-17-18-19-20-22-33-27(31)26(24-25(2)3)30(4)28(32)34-23-21-29/h25-26H,5-24H2,1-4H3. The molecular formula is C28H54ClNO4. The molecule has 0 saturated carbocycles. The van der Waals surface area contributed by atoms with Gasteiger partial charge < -0.3 is 9.47 Å². The Hall–Kier alpha value is -0.970. The maximum atomic E-state index is 12.6. The van der Waals surface area contributed by atoms with Crippen molar-refractivity contribution in [3.8, 4) is 0 Å². The Bertz CT molecular complexity index is 487. The van der Waals surface area contributed by atoms with E-state index in [1.54, 1.807) is 7.05 Å². The molecule has 202 valence electrons. The lowest BCUT2D eigenvalue weighted by molar-refractivity contribution is -0.149. The van der Waals surface area contributed by atoms with E-state index in [0.717, 1.165) is 12.8 Å². The number of unbranched alkanes of at least 4 members (excludes halogenated alkanes) is 15. The number of halogens is 1. The zero-order valence-electron chi connectivity index (χ0n) is 22.8. The molecule has 0 N–H and O–H groups in total. The fourth-order valence-electron chi connectivity index (χ4n) is 4.13. The van der Waals surface area contributed by atoms with E-state index < -0.39 is 12.1 Å². The molecule has 0 heterocycles. The zero-order chi connectivity index (χ0) is 25.4.